The quantitative estimate of drug-likeness (QED) is 0.500. The molecular weight excluding hydrogens is 446 g/mol. The van der Waals surface area contributed by atoms with Gasteiger partial charge >= 0.3 is 5.97 Å². The number of aromatic hydroxyl groups is 2. The number of nitrogens with zero attached hydrogens (tertiary/aromatic N) is 1. The number of carboxylic acids is 1. The maximum atomic E-state index is 12.1. The largest absolute Gasteiger partial charge is 0.507 e. The molecule has 7 heteroatoms. The number of ether oxygens (including phenoxy) is 1. The van der Waals surface area contributed by atoms with Crippen molar-refractivity contribution in [3.05, 3.63) is 65.2 Å². The minimum atomic E-state index is -1.11. The van der Waals surface area contributed by atoms with Crippen LogP contribution in [0.15, 0.2) is 48.6 Å². The van der Waals surface area contributed by atoms with Gasteiger partial charge in [-0.1, -0.05) is 24.8 Å². The number of aliphatic hydroxyl groups is 1. The van der Waals surface area contributed by atoms with Crippen molar-refractivity contribution >= 4 is 5.97 Å². The van der Waals surface area contributed by atoms with E-state index in [2.05, 4.69) is 11.5 Å². The smallest absolute Gasteiger partial charge is 0.339 e. The van der Waals surface area contributed by atoms with E-state index in [1.54, 1.807) is 18.2 Å². The Morgan fingerprint density at radius 1 is 1.11 bits per heavy atom. The molecule has 1 spiro atoms. The molecule has 0 unspecified atom stereocenters. The summed E-state index contributed by atoms with van der Waals surface area (Å²) in [4.78, 5) is 12.8. The summed E-state index contributed by atoms with van der Waals surface area (Å²) in [6.07, 6.45) is 5.79. The van der Waals surface area contributed by atoms with Gasteiger partial charge in [-0.15, -0.1) is 0 Å². The maximum absolute atomic E-state index is 12.1. The zero-order chi connectivity index (χ0) is 24.5. The Balaban J connectivity index is 0.000000194. The van der Waals surface area contributed by atoms with Crippen LogP contribution in [0.25, 0.3) is 0 Å². The topological polar surface area (TPSA) is 110 Å². The first-order valence-corrected chi connectivity index (χ1v) is 12.4. The van der Waals surface area contributed by atoms with E-state index < -0.39 is 17.0 Å². The van der Waals surface area contributed by atoms with Crippen LogP contribution in [-0.4, -0.2) is 62.1 Å². The van der Waals surface area contributed by atoms with Gasteiger partial charge in [-0.25, -0.2) is 4.79 Å². The molecule has 1 saturated heterocycles. The van der Waals surface area contributed by atoms with E-state index in [1.807, 2.05) is 6.07 Å². The third-order valence-electron chi connectivity index (χ3n) is 8.85. The van der Waals surface area contributed by atoms with Gasteiger partial charge in [0, 0.05) is 18.2 Å². The second-order valence-electron chi connectivity index (χ2n) is 10.7. The molecule has 35 heavy (non-hydrogen) atoms. The van der Waals surface area contributed by atoms with Crippen LogP contribution in [0.2, 0.25) is 0 Å². The zero-order valence-electron chi connectivity index (χ0n) is 19.6. The summed E-state index contributed by atoms with van der Waals surface area (Å²) < 4.78 is 6.29. The second kappa shape index (κ2) is 7.73. The number of rotatable bonds is 3. The number of phenols is 2. The number of hydrogen-bond donors (Lipinski definition) is 4. The average Bonchev–Trinajstić information content (AvgIpc) is 3.57. The highest BCUT2D eigenvalue weighted by Crippen LogP contribution is 2.66. The molecular formula is C28H31NO6. The minimum Gasteiger partial charge on any atom is -0.507 e. The molecule has 4 atom stereocenters. The van der Waals surface area contributed by atoms with Crippen LogP contribution >= 0.6 is 0 Å². The third-order valence-corrected chi connectivity index (χ3v) is 8.85. The van der Waals surface area contributed by atoms with Gasteiger partial charge in [-0.2, -0.15) is 0 Å². The maximum Gasteiger partial charge on any atom is 0.339 e. The minimum absolute atomic E-state index is 0.0671. The van der Waals surface area contributed by atoms with Crippen molar-refractivity contribution in [1.82, 2.24) is 4.90 Å². The summed E-state index contributed by atoms with van der Waals surface area (Å²) in [6.45, 7) is 6.40. The van der Waals surface area contributed by atoms with Crippen molar-refractivity contribution in [1.29, 1.82) is 0 Å². The molecule has 0 amide bonds. The summed E-state index contributed by atoms with van der Waals surface area (Å²) in [5.74, 6) is 0.325. The number of likely N-dealkylation sites (tertiary alicyclic amines) is 1. The lowest BCUT2D eigenvalue weighted by atomic mass is 9.48. The van der Waals surface area contributed by atoms with Crippen LogP contribution in [0.3, 0.4) is 0 Å². The number of para-hydroxylation sites is 1. The molecule has 2 aromatic rings. The van der Waals surface area contributed by atoms with Gasteiger partial charge < -0.3 is 25.2 Å². The monoisotopic (exact) mass is 477 g/mol. The average molecular weight is 478 g/mol. The molecule has 2 bridgehead atoms. The van der Waals surface area contributed by atoms with Gasteiger partial charge in [0.25, 0.3) is 0 Å². The van der Waals surface area contributed by atoms with Crippen molar-refractivity contribution in [2.45, 2.75) is 61.7 Å². The Hall–Kier alpha value is -3.03. The first-order chi connectivity index (χ1) is 16.8. The molecule has 0 radical (unpaired) electrons. The van der Waals surface area contributed by atoms with E-state index in [9.17, 15) is 15.0 Å². The van der Waals surface area contributed by atoms with Gasteiger partial charge in [0.1, 0.15) is 17.4 Å². The standard InChI is InChI=1S/C21H25NO3.C7H6O3/c1-12-6-7-21(24)16-10-14-4-5-15(23)18-17(14)20(21,19(12)25-18)8-9-22(16)11-13-2-3-13;8-6-4-2-1-3-5(6)7(9)10/h4-5,13,16,19,23-24H,1-3,6-11H2;1-4,8H,(H,9,10)/t16-,19+,20+,21-;/m1./s1. The lowest BCUT2D eigenvalue weighted by molar-refractivity contribution is -0.174. The van der Waals surface area contributed by atoms with E-state index in [4.69, 9.17) is 14.9 Å². The molecule has 5 aliphatic rings. The van der Waals surface area contributed by atoms with Gasteiger partial charge in [0.05, 0.1) is 11.0 Å². The molecule has 184 valence electrons. The Labute approximate surface area is 204 Å². The van der Waals surface area contributed by atoms with E-state index >= 15 is 0 Å². The van der Waals surface area contributed by atoms with Crippen LogP contribution in [0, 0.1) is 5.92 Å². The van der Waals surface area contributed by atoms with Crippen molar-refractivity contribution < 1.29 is 30.0 Å². The highest BCUT2D eigenvalue weighted by molar-refractivity contribution is 5.90. The fourth-order valence-electron chi connectivity index (χ4n) is 7.05. The molecule has 2 heterocycles. The molecule has 2 aromatic carbocycles. The molecule has 7 rings (SSSR count). The van der Waals surface area contributed by atoms with Gasteiger partial charge in [0.2, 0.25) is 0 Å². The number of piperidine rings is 1. The van der Waals surface area contributed by atoms with Crippen LogP contribution in [-0.2, 0) is 11.8 Å². The molecule has 7 nitrogen and oxygen atoms in total. The van der Waals surface area contributed by atoms with E-state index in [0.717, 1.165) is 55.8 Å². The van der Waals surface area contributed by atoms with Crippen molar-refractivity contribution in [2.24, 2.45) is 5.92 Å². The van der Waals surface area contributed by atoms with E-state index in [-0.39, 0.29) is 29.2 Å². The summed E-state index contributed by atoms with van der Waals surface area (Å²) in [7, 11) is 0. The summed E-state index contributed by atoms with van der Waals surface area (Å²) >= 11 is 0. The van der Waals surface area contributed by atoms with Crippen LogP contribution < -0.4 is 4.74 Å². The van der Waals surface area contributed by atoms with Gasteiger partial charge in [0.15, 0.2) is 11.5 Å². The number of phenolic OH excluding ortho intramolecular Hbond substituents is 1. The summed E-state index contributed by atoms with van der Waals surface area (Å²) in [5.41, 5.74) is 2.14. The molecule has 2 aliphatic heterocycles. The lowest BCUT2D eigenvalue weighted by Gasteiger charge is -2.63. The fourth-order valence-corrected chi connectivity index (χ4v) is 7.05. The second-order valence-corrected chi connectivity index (χ2v) is 10.7. The van der Waals surface area contributed by atoms with Crippen LogP contribution in [0.1, 0.15) is 53.6 Å². The third kappa shape index (κ3) is 3.14. The van der Waals surface area contributed by atoms with Crippen molar-refractivity contribution in [2.75, 3.05) is 13.1 Å². The van der Waals surface area contributed by atoms with Crippen molar-refractivity contribution in [3.63, 3.8) is 0 Å². The number of benzene rings is 2. The number of carboxylic acid groups (broad SMARTS) is 1. The Kier molecular flexibility index (Phi) is 4.96. The predicted molar refractivity (Wildman–Crippen MR) is 129 cm³/mol. The van der Waals surface area contributed by atoms with Crippen LogP contribution in [0.5, 0.6) is 17.2 Å². The lowest BCUT2D eigenvalue weighted by Crippen LogP contribution is -2.75. The fraction of sp³-hybridized carbons (Fsp3) is 0.464. The predicted octanol–water partition coefficient (Wildman–Crippen LogP) is 3.60. The molecule has 4 N–H and O–H groups in total. The molecule has 2 saturated carbocycles. The summed E-state index contributed by atoms with van der Waals surface area (Å²) in [6, 6.07) is 9.78. The molecule has 0 aromatic heterocycles. The zero-order valence-corrected chi connectivity index (χ0v) is 19.6. The number of hydrogen-bond acceptors (Lipinski definition) is 6. The number of aromatic carboxylic acids is 1. The molecule has 3 aliphatic carbocycles. The number of carbonyl (C=O) groups is 1. The Bertz CT molecular complexity index is 1220. The van der Waals surface area contributed by atoms with E-state index in [0.29, 0.717) is 5.75 Å². The first-order valence-electron chi connectivity index (χ1n) is 12.4. The van der Waals surface area contributed by atoms with Gasteiger partial charge in [-0.3, -0.25) is 4.90 Å². The van der Waals surface area contributed by atoms with Gasteiger partial charge in [-0.05, 0) is 80.3 Å². The van der Waals surface area contributed by atoms with E-state index in [1.165, 1.54) is 30.5 Å². The Morgan fingerprint density at radius 2 is 1.89 bits per heavy atom. The van der Waals surface area contributed by atoms with Crippen molar-refractivity contribution in [3.8, 4) is 17.2 Å². The molecule has 3 fully saturated rings. The summed E-state index contributed by atoms with van der Waals surface area (Å²) in [5, 5.41) is 39.8. The highest BCUT2D eigenvalue weighted by Gasteiger charge is 2.71. The SMILES string of the molecule is C=C1CC[C@@]2(O)[C@H]3Cc4ccc(O)c5c4[C@@]2(CCN3CC2CC2)[C@H]1O5.O=C(O)c1ccccc1O. The van der Waals surface area contributed by atoms with Crippen LogP contribution in [0.4, 0.5) is 0 Å². The first kappa shape index (κ1) is 22.4. The Morgan fingerprint density at radius 3 is 2.57 bits per heavy atom. The highest BCUT2D eigenvalue weighted by atomic mass is 16.5. The normalized spacial score (nSPS) is 32.2.